The van der Waals surface area contributed by atoms with Gasteiger partial charge in [-0.25, -0.2) is 19.2 Å². The average Bonchev–Trinajstić information content (AvgIpc) is 2.82. The Morgan fingerprint density at radius 1 is 1.14 bits per heavy atom. The normalized spacial score (nSPS) is 11.3. The number of hydrogen-bond acceptors (Lipinski definition) is 7. The lowest BCUT2D eigenvalue weighted by molar-refractivity contribution is -0.141. The Morgan fingerprint density at radius 2 is 1.89 bits per heavy atom. The molecule has 0 saturated heterocycles. The Balaban J connectivity index is 2.00. The molecule has 2 aromatic heterocycles. The number of carbonyl (C=O) groups excluding carboxylic acids is 1. The zero-order valence-corrected chi connectivity index (χ0v) is 22.4. The first kappa shape index (κ1) is 27.5. The van der Waals surface area contributed by atoms with Crippen LogP contribution in [0.25, 0.3) is 11.2 Å². The maximum atomic E-state index is 13.7. The Labute approximate surface area is 216 Å². The van der Waals surface area contributed by atoms with Gasteiger partial charge in [-0.1, -0.05) is 13.8 Å². The molecule has 0 radical (unpaired) electrons. The highest BCUT2D eigenvalue weighted by molar-refractivity contribution is 9.10. The molecule has 0 bridgehead atoms. The Hall–Kier alpha value is -3.08. The molecular weight excluding hydrogens is 535 g/mol. The molecule has 0 unspecified atom stereocenters. The van der Waals surface area contributed by atoms with E-state index in [1.165, 1.54) is 30.7 Å². The summed E-state index contributed by atoms with van der Waals surface area (Å²) in [6, 6.07) is 4.12. The topological polar surface area (TPSA) is 105 Å². The molecule has 0 fully saturated rings. The van der Waals surface area contributed by atoms with Crippen molar-refractivity contribution < 1.29 is 18.7 Å². The molecule has 3 aromatic rings. The van der Waals surface area contributed by atoms with Crippen molar-refractivity contribution >= 4 is 33.1 Å². The number of halogens is 2. The van der Waals surface area contributed by atoms with E-state index in [0.717, 1.165) is 11.0 Å². The number of esters is 1. The van der Waals surface area contributed by atoms with E-state index in [-0.39, 0.29) is 29.7 Å². The van der Waals surface area contributed by atoms with Crippen molar-refractivity contribution in [3.63, 3.8) is 0 Å². The first-order chi connectivity index (χ1) is 17.1. The third-order valence-electron chi connectivity index (χ3n) is 5.48. The van der Waals surface area contributed by atoms with E-state index in [2.05, 4.69) is 25.9 Å². The summed E-state index contributed by atoms with van der Waals surface area (Å²) in [5.74, 6) is -0.334. The summed E-state index contributed by atoms with van der Waals surface area (Å²) in [5, 5.41) is 0. The van der Waals surface area contributed by atoms with E-state index in [4.69, 9.17) is 9.47 Å². The number of fused-ring (bicyclic) bond motifs is 1. The summed E-state index contributed by atoms with van der Waals surface area (Å²) >= 11 is 3.35. The van der Waals surface area contributed by atoms with Crippen molar-refractivity contribution in [3.8, 4) is 5.75 Å². The second-order valence-electron chi connectivity index (χ2n) is 8.95. The maximum absolute atomic E-state index is 13.7. The fraction of sp³-hybridized carbons (Fsp3) is 0.480. The molecule has 0 N–H and O–H groups in total. The van der Waals surface area contributed by atoms with Gasteiger partial charge in [0.25, 0.3) is 5.56 Å². The molecule has 36 heavy (non-hydrogen) atoms. The van der Waals surface area contributed by atoms with Crippen molar-refractivity contribution in [2.24, 2.45) is 13.0 Å². The van der Waals surface area contributed by atoms with Crippen LogP contribution in [0.5, 0.6) is 5.75 Å². The number of aryl methyl sites for hydroxylation is 1. The van der Waals surface area contributed by atoms with Crippen LogP contribution in [0, 0.1) is 11.7 Å². The minimum Gasteiger partial charge on any atom is -0.486 e. The van der Waals surface area contributed by atoms with Crippen LogP contribution in [-0.4, -0.2) is 31.7 Å². The van der Waals surface area contributed by atoms with Gasteiger partial charge in [-0.05, 0) is 59.7 Å². The highest BCUT2D eigenvalue weighted by Crippen LogP contribution is 2.27. The second kappa shape index (κ2) is 12.2. The molecule has 0 aliphatic carbocycles. The minimum atomic E-state index is -0.515. The van der Waals surface area contributed by atoms with Gasteiger partial charge in [0.1, 0.15) is 23.9 Å². The molecule has 0 aliphatic rings. The van der Waals surface area contributed by atoms with Crippen molar-refractivity contribution in [3.05, 3.63) is 60.7 Å². The van der Waals surface area contributed by atoms with Crippen molar-refractivity contribution in [1.29, 1.82) is 0 Å². The summed E-state index contributed by atoms with van der Waals surface area (Å²) < 4.78 is 27.6. The molecule has 0 spiro atoms. The van der Waals surface area contributed by atoms with Gasteiger partial charge >= 0.3 is 11.7 Å². The van der Waals surface area contributed by atoms with Crippen LogP contribution < -0.4 is 16.0 Å². The number of benzene rings is 1. The number of ether oxygens (including phenoxy) is 2. The first-order valence-corrected chi connectivity index (χ1v) is 12.6. The molecule has 0 atom stereocenters. The Kier molecular flexibility index (Phi) is 9.36. The quantitative estimate of drug-likeness (QED) is 0.257. The standard InChI is InChI=1S/C25H30BrFN4O5/c1-15(2)13-31-23-22(24(33)30(4)25(31)34)28-19(8-6-5-7-11-35-16(3)32)20(29-23)14-36-21-12-17(27)9-10-18(21)26/h9-10,12,15H,5-8,11,13-14H2,1-4H3. The van der Waals surface area contributed by atoms with Gasteiger partial charge in [-0.15, -0.1) is 0 Å². The number of unbranched alkanes of at least 4 members (excludes halogenated alkanes) is 2. The fourth-order valence-corrected chi connectivity index (χ4v) is 4.07. The van der Waals surface area contributed by atoms with Crippen LogP contribution in [0.4, 0.5) is 4.39 Å². The zero-order chi connectivity index (χ0) is 26.4. The molecule has 194 valence electrons. The molecule has 0 saturated carbocycles. The first-order valence-electron chi connectivity index (χ1n) is 11.8. The van der Waals surface area contributed by atoms with E-state index in [0.29, 0.717) is 54.0 Å². The van der Waals surface area contributed by atoms with Crippen molar-refractivity contribution in [2.45, 2.75) is 59.6 Å². The zero-order valence-electron chi connectivity index (χ0n) is 20.8. The molecular formula is C25H30BrFN4O5. The van der Waals surface area contributed by atoms with E-state index in [9.17, 15) is 18.8 Å². The summed E-state index contributed by atoms with van der Waals surface area (Å²) in [6.45, 7) is 5.97. The number of rotatable bonds is 11. The summed E-state index contributed by atoms with van der Waals surface area (Å²) in [6.07, 6.45) is 2.68. The Morgan fingerprint density at radius 3 is 2.58 bits per heavy atom. The third kappa shape index (κ3) is 6.77. The van der Waals surface area contributed by atoms with E-state index >= 15 is 0 Å². The molecule has 2 heterocycles. The van der Waals surface area contributed by atoms with Crippen LogP contribution in [0.15, 0.2) is 32.3 Å². The lowest BCUT2D eigenvalue weighted by atomic mass is 10.1. The SMILES string of the molecule is CC(=O)OCCCCCc1nc2c(=O)n(C)c(=O)n(CC(C)C)c2nc1COc1cc(F)ccc1Br. The number of aromatic nitrogens is 4. The van der Waals surface area contributed by atoms with Crippen LogP contribution >= 0.6 is 15.9 Å². The van der Waals surface area contributed by atoms with Gasteiger partial charge in [0, 0.05) is 26.6 Å². The van der Waals surface area contributed by atoms with Crippen molar-refractivity contribution in [1.82, 2.24) is 19.1 Å². The number of carbonyl (C=O) groups is 1. The van der Waals surface area contributed by atoms with Crippen LogP contribution in [0.2, 0.25) is 0 Å². The molecule has 3 rings (SSSR count). The Bertz CT molecular complexity index is 1370. The minimum absolute atomic E-state index is 0.0289. The van der Waals surface area contributed by atoms with E-state index in [1.807, 2.05) is 13.8 Å². The van der Waals surface area contributed by atoms with E-state index in [1.54, 1.807) is 6.07 Å². The van der Waals surface area contributed by atoms with E-state index < -0.39 is 17.1 Å². The predicted octanol–water partition coefficient (Wildman–Crippen LogP) is 3.90. The van der Waals surface area contributed by atoms with Gasteiger partial charge in [0.2, 0.25) is 0 Å². The van der Waals surface area contributed by atoms with Crippen LogP contribution in [0.1, 0.15) is 51.4 Å². The lowest BCUT2D eigenvalue weighted by Crippen LogP contribution is -2.40. The summed E-state index contributed by atoms with van der Waals surface area (Å²) in [5.41, 5.74) is 0.362. The van der Waals surface area contributed by atoms with Gasteiger partial charge in [0.15, 0.2) is 11.2 Å². The largest absolute Gasteiger partial charge is 0.486 e. The predicted molar refractivity (Wildman–Crippen MR) is 136 cm³/mol. The molecule has 0 aliphatic heterocycles. The maximum Gasteiger partial charge on any atom is 0.332 e. The number of hydrogen-bond donors (Lipinski definition) is 0. The second-order valence-corrected chi connectivity index (χ2v) is 9.81. The van der Waals surface area contributed by atoms with Gasteiger partial charge < -0.3 is 9.47 Å². The lowest BCUT2D eigenvalue weighted by Gasteiger charge is -2.16. The van der Waals surface area contributed by atoms with Crippen LogP contribution in [0.3, 0.4) is 0 Å². The van der Waals surface area contributed by atoms with Crippen molar-refractivity contribution in [2.75, 3.05) is 6.61 Å². The highest BCUT2D eigenvalue weighted by Gasteiger charge is 2.19. The summed E-state index contributed by atoms with van der Waals surface area (Å²) in [4.78, 5) is 46.0. The number of nitrogens with zero attached hydrogens (tertiary/aromatic N) is 4. The van der Waals surface area contributed by atoms with Crippen LogP contribution in [-0.2, 0) is 36.2 Å². The highest BCUT2D eigenvalue weighted by atomic mass is 79.9. The fourth-order valence-electron chi connectivity index (χ4n) is 3.71. The summed E-state index contributed by atoms with van der Waals surface area (Å²) in [7, 11) is 1.43. The van der Waals surface area contributed by atoms with Gasteiger partial charge in [-0.2, -0.15) is 0 Å². The molecule has 11 heteroatoms. The monoisotopic (exact) mass is 564 g/mol. The van der Waals surface area contributed by atoms with Gasteiger partial charge in [-0.3, -0.25) is 18.7 Å². The molecule has 1 aromatic carbocycles. The molecule has 9 nitrogen and oxygen atoms in total. The van der Waals surface area contributed by atoms with Gasteiger partial charge in [0.05, 0.1) is 16.8 Å². The molecule has 0 amide bonds. The smallest absolute Gasteiger partial charge is 0.332 e. The average molecular weight is 565 g/mol. The third-order valence-corrected chi connectivity index (χ3v) is 6.14.